The van der Waals surface area contributed by atoms with Crippen molar-refractivity contribution in [1.29, 1.82) is 0 Å². The third-order valence-electron chi connectivity index (χ3n) is 5.20. The number of phenols is 4. The lowest BCUT2D eigenvalue weighted by Crippen LogP contribution is -2.58. The van der Waals surface area contributed by atoms with Gasteiger partial charge in [-0.25, -0.2) is 0 Å². The van der Waals surface area contributed by atoms with E-state index < -0.39 is 59.1 Å². The number of ketones is 1. The van der Waals surface area contributed by atoms with Crippen molar-refractivity contribution in [3.63, 3.8) is 0 Å². The highest BCUT2D eigenvalue weighted by atomic mass is 16.7. The summed E-state index contributed by atoms with van der Waals surface area (Å²) in [6, 6.07) is 5.51. The fourth-order valence-electron chi connectivity index (χ4n) is 3.46. The Bertz CT molecular complexity index is 1330. The lowest BCUT2D eigenvalue weighted by molar-refractivity contribution is -0.268. The molecule has 2 aromatic carbocycles. The number of phenolic OH excluding ortho intramolecular Hbond substituents is 4. The van der Waals surface area contributed by atoms with Crippen LogP contribution in [0.25, 0.3) is 22.3 Å². The molecule has 0 unspecified atom stereocenters. The normalized spacial score (nSPS) is 23.6. The van der Waals surface area contributed by atoms with Crippen molar-refractivity contribution in [2.24, 2.45) is 0 Å². The monoisotopic (exact) mass is 506 g/mol. The largest absolute Gasteiger partial charge is 0.508 e. The number of benzene rings is 2. The van der Waals surface area contributed by atoms with Crippen LogP contribution in [0.15, 0.2) is 39.5 Å². The third-order valence-corrected chi connectivity index (χ3v) is 5.20. The molecule has 1 aromatic heterocycles. The summed E-state index contributed by atoms with van der Waals surface area (Å²) in [5.74, 6) is -2.63. The molecule has 0 amide bonds. The van der Waals surface area contributed by atoms with E-state index in [4.69, 9.17) is 13.9 Å². The second-order valence-electron chi connectivity index (χ2n) is 8.34. The quantitative estimate of drug-likeness (QED) is 0.249. The number of fused-ring (bicyclic) bond motifs is 1. The fourth-order valence-corrected chi connectivity index (χ4v) is 3.46. The van der Waals surface area contributed by atoms with Crippen LogP contribution >= 0.6 is 0 Å². The highest BCUT2D eigenvalue weighted by Gasteiger charge is 2.44. The van der Waals surface area contributed by atoms with E-state index in [0.717, 1.165) is 24.3 Å². The molecule has 12 heteroatoms. The fraction of sp³-hybridized carbons (Fsp3) is 0.333. The molecule has 5 atom stereocenters. The van der Waals surface area contributed by atoms with Crippen molar-refractivity contribution in [3.05, 3.63) is 40.6 Å². The number of Topliss-reactive ketones (excluding diaryl/α,β-unsaturated/α-hetero) is 1. The first-order valence-corrected chi connectivity index (χ1v) is 10.7. The molecule has 2 heterocycles. The molecule has 0 radical (unpaired) electrons. The predicted octanol–water partition coefficient (Wildman–Crippen LogP) is 1.08. The second-order valence-corrected chi connectivity index (χ2v) is 8.34. The Balaban J connectivity index is 0.000000840. The SMILES string of the molecule is CC(C)=O.C[C@@H]1O[C@@H](Oc2c(-c3ccc(O)c(O)c3)oc3cc(O)cc(O)c3c2=O)[C@H](O)[C@H](O)[C@H]1O. The lowest BCUT2D eigenvalue weighted by Gasteiger charge is -2.38. The van der Waals surface area contributed by atoms with Gasteiger partial charge < -0.3 is 54.4 Å². The predicted molar refractivity (Wildman–Crippen MR) is 124 cm³/mol. The minimum atomic E-state index is -1.74. The summed E-state index contributed by atoms with van der Waals surface area (Å²) in [5, 5.41) is 69.2. The van der Waals surface area contributed by atoms with E-state index in [1.165, 1.54) is 26.8 Å². The molecule has 0 aliphatic carbocycles. The van der Waals surface area contributed by atoms with Gasteiger partial charge in [0.25, 0.3) is 0 Å². The summed E-state index contributed by atoms with van der Waals surface area (Å²) >= 11 is 0. The van der Waals surface area contributed by atoms with Crippen molar-refractivity contribution in [3.8, 4) is 40.1 Å². The van der Waals surface area contributed by atoms with E-state index in [-0.39, 0.29) is 33.8 Å². The molecule has 4 rings (SSSR count). The standard InChI is InChI=1S/C21H20O11.C3H6O/c1-7-15(26)17(28)18(29)21(30-7)32-20-16(27)14-12(25)5-9(22)6-13(14)31-19(20)8-2-3-10(23)11(24)4-8;1-3(2)4/h2-7,15,17-18,21-26,28-29H,1H3;1-2H3/t7-,15-,17+,18+,21-;/m0./s1. The van der Waals surface area contributed by atoms with Gasteiger partial charge in [0, 0.05) is 17.7 Å². The summed E-state index contributed by atoms with van der Waals surface area (Å²) in [6.45, 7) is 4.48. The van der Waals surface area contributed by atoms with Gasteiger partial charge in [0.15, 0.2) is 17.3 Å². The van der Waals surface area contributed by atoms with Gasteiger partial charge in [-0.2, -0.15) is 0 Å². The van der Waals surface area contributed by atoms with Crippen molar-refractivity contribution >= 4 is 16.8 Å². The van der Waals surface area contributed by atoms with E-state index in [2.05, 4.69) is 0 Å². The number of hydrogen-bond acceptors (Lipinski definition) is 12. The van der Waals surface area contributed by atoms with Crippen LogP contribution < -0.4 is 10.2 Å². The summed E-state index contributed by atoms with van der Waals surface area (Å²) in [5.41, 5.74) is -1.05. The summed E-state index contributed by atoms with van der Waals surface area (Å²) in [7, 11) is 0. The van der Waals surface area contributed by atoms with Crippen LogP contribution in [0, 0.1) is 0 Å². The zero-order valence-electron chi connectivity index (χ0n) is 19.4. The minimum absolute atomic E-state index is 0.0658. The first kappa shape index (κ1) is 26.8. The zero-order chi connectivity index (χ0) is 26.9. The smallest absolute Gasteiger partial charge is 0.239 e. The van der Waals surface area contributed by atoms with Gasteiger partial charge in [-0.05, 0) is 39.0 Å². The molecule has 3 aromatic rings. The van der Waals surface area contributed by atoms with Crippen molar-refractivity contribution in [1.82, 2.24) is 0 Å². The van der Waals surface area contributed by atoms with Crippen LogP contribution in [0.4, 0.5) is 0 Å². The molecule has 1 saturated heterocycles. The number of aromatic hydroxyl groups is 4. The number of ether oxygens (including phenoxy) is 2. The van der Waals surface area contributed by atoms with Gasteiger partial charge >= 0.3 is 0 Å². The Morgan fingerprint density at radius 3 is 2.14 bits per heavy atom. The molecule has 0 spiro atoms. The Kier molecular flexibility index (Phi) is 7.74. The molecule has 12 nitrogen and oxygen atoms in total. The Morgan fingerprint density at radius 2 is 1.53 bits per heavy atom. The highest BCUT2D eigenvalue weighted by Crippen LogP contribution is 2.39. The first-order chi connectivity index (χ1) is 16.8. The van der Waals surface area contributed by atoms with Crippen LogP contribution in [0.2, 0.25) is 0 Å². The number of carbonyl (C=O) groups is 1. The van der Waals surface area contributed by atoms with Crippen LogP contribution in [-0.2, 0) is 9.53 Å². The maximum absolute atomic E-state index is 13.2. The Labute approximate surface area is 203 Å². The lowest BCUT2D eigenvalue weighted by atomic mass is 10.00. The van der Waals surface area contributed by atoms with Crippen molar-refractivity contribution < 1.29 is 54.4 Å². The summed E-state index contributed by atoms with van der Waals surface area (Å²) in [4.78, 5) is 22.7. The maximum Gasteiger partial charge on any atom is 0.239 e. The summed E-state index contributed by atoms with van der Waals surface area (Å²) < 4.78 is 16.6. The Morgan fingerprint density at radius 1 is 0.889 bits per heavy atom. The van der Waals surface area contributed by atoms with E-state index in [1.54, 1.807) is 0 Å². The number of hydrogen-bond donors (Lipinski definition) is 7. The number of aliphatic hydroxyl groups excluding tert-OH is 3. The van der Waals surface area contributed by atoms with Crippen LogP contribution in [0.5, 0.6) is 28.7 Å². The van der Waals surface area contributed by atoms with Crippen LogP contribution in [-0.4, -0.2) is 72.2 Å². The molecule has 0 bridgehead atoms. The van der Waals surface area contributed by atoms with Gasteiger partial charge in [0.2, 0.25) is 17.5 Å². The molecule has 194 valence electrons. The second kappa shape index (κ2) is 10.4. The summed E-state index contributed by atoms with van der Waals surface area (Å²) in [6.07, 6.45) is -7.35. The van der Waals surface area contributed by atoms with Crippen LogP contribution in [0.3, 0.4) is 0 Å². The minimum Gasteiger partial charge on any atom is -0.508 e. The average molecular weight is 506 g/mol. The van der Waals surface area contributed by atoms with E-state index in [0.29, 0.717) is 0 Å². The number of aliphatic hydroxyl groups is 3. The van der Waals surface area contributed by atoms with E-state index in [9.17, 15) is 45.3 Å². The molecule has 1 fully saturated rings. The molecule has 1 aliphatic rings. The highest BCUT2D eigenvalue weighted by molar-refractivity contribution is 5.88. The molecule has 7 N–H and O–H groups in total. The zero-order valence-corrected chi connectivity index (χ0v) is 19.4. The van der Waals surface area contributed by atoms with Gasteiger partial charge in [-0.1, -0.05) is 0 Å². The number of carbonyl (C=O) groups excluding carboxylic acids is 1. The van der Waals surface area contributed by atoms with Gasteiger partial charge in [0.1, 0.15) is 46.6 Å². The maximum atomic E-state index is 13.2. The Hall–Kier alpha value is -3.84. The van der Waals surface area contributed by atoms with Gasteiger partial charge in [-0.15, -0.1) is 0 Å². The molecular formula is C24H26O12. The number of rotatable bonds is 3. The topological polar surface area (TPSA) is 207 Å². The van der Waals surface area contributed by atoms with Crippen LogP contribution in [0.1, 0.15) is 20.8 Å². The molecular weight excluding hydrogens is 480 g/mol. The van der Waals surface area contributed by atoms with E-state index >= 15 is 0 Å². The van der Waals surface area contributed by atoms with E-state index in [1.807, 2.05) is 0 Å². The molecule has 0 saturated carbocycles. The molecule has 36 heavy (non-hydrogen) atoms. The van der Waals surface area contributed by atoms with Crippen molar-refractivity contribution in [2.75, 3.05) is 0 Å². The van der Waals surface area contributed by atoms with Gasteiger partial charge in [0.05, 0.1) is 6.10 Å². The van der Waals surface area contributed by atoms with Crippen molar-refractivity contribution in [2.45, 2.75) is 51.5 Å². The molecule has 1 aliphatic heterocycles. The third kappa shape index (κ3) is 5.36. The van der Waals surface area contributed by atoms with Gasteiger partial charge in [-0.3, -0.25) is 4.79 Å². The average Bonchev–Trinajstić information content (AvgIpc) is 2.78. The first-order valence-electron chi connectivity index (χ1n) is 10.7.